The highest BCUT2D eigenvalue weighted by molar-refractivity contribution is 5.92. The number of likely N-dealkylation sites (tertiary alicyclic amines) is 2. The quantitative estimate of drug-likeness (QED) is 0.822. The zero-order valence-corrected chi connectivity index (χ0v) is 15.5. The maximum atomic E-state index is 12.6. The van der Waals surface area contributed by atoms with Crippen LogP contribution in [0.3, 0.4) is 0 Å². The smallest absolute Gasteiger partial charge is 0.272 e. The number of hydrogen-bond donors (Lipinski definition) is 1. The Hall–Kier alpha value is -1.89. The summed E-state index contributed by atoms with van der Waals surface area (Å²) in [4.78, 5) is 28.4. The molecule has 1 spiro atoms. The third-order valence-corrected chi connectivity index (χ3v) is 6.16. The van der Waals surface area contributed by atoms with Gasteiger partial charge in [-0.3, -0.25) is 14.3 Å². The first kappa shape index (κ1) is 17.9. The van der Waals surface area contributed by atoms with Crippen molar-refractivity contribution in [2.75, 3.05) is 19.6 Å². The molecule has 138 valence electrons. The minimum atomic E-state index is -0.551. The van der Waals surface area contributed by atoms with E-state index in [4.69, 9.17) is 0 Å². The molecule has 2 aliphatic heterocycles. The zero-order valence-electron chi connectivity index (χ0n) is 15.5. The Morgan fingerprint density at radius 2 is 1.92 bits per heavy atom. The van der Waals surface area contributed by atoms with Crippen LogP contribution in [0.4, 0.5) is 0 Å². The van der Waals surface area contributed by atoms with Gasteiger partial charge in [-0.2, -0.15) is 5.10 Å². The second kappa shape index (κ2) is 6.12. The number of aliphatic hydroxyl groups is 1. The summed E-state index contributed by atoms with van der Waals surface area (Å²) in [6.07, 6.45) is 3.35. The van der Waals surface area contributed by atoms with Crippen LogP contribution in [0, 0.1) is 5.41 Å². The van der Waals surface area contributed by atoms with Crippen molar-refractivity contribution < 1.29 is 14.7 Å². The van der Waals surface area contributed by atoms with Crippen molar-refractivity contribution in [2.24, 2.45) is 12.5 Å². The van der Waals surface area contributed by atoms with Gasteiger partial charge >= 0.3 is 0 Å². The average molecular weight is 348 g/mol. The van der Waals surface area contributed by atoms with E-state index in [2.05, 4.69) is 5.10 Å². The number of carbonyl (C=O) groups excluding carboxylic acids is 2. The van der Waals surface area contributed by atoms with Gasteiger partial charge in [0.1, 0.15) is 5.69 Å². The van der Waals surface area contributed by atoms with Gasteiger partial charge < -0.3 is 14.9 Å². The number of carbonyl (C=O) groups is 2. The number of aliphatic hydroxyl groups excluding tert-OH is 1. The molecule has 1 atom stereocenters. The topological polar surface area (TPSA) is 78.7 Å². The largest absolute Gasteiger partial charge is 0.391 e. The number of amides is 2. The molecule has 1 aromatic heterocycles. The highest BCUT2D eigenvalue weighted by Gasteiger charge is 2.50. The van der Waals surface area contributed by atoms with E-state index in [9.17, 15) is 14.7 Å². The van der Waals surface area contributed by atoms with Crippen molar-refractivity contribution in [1.29, 1.82) is 0 Å². The van der Waals surface area contributed by atoms with E-state index in [1.54, 1.807) is 35.8 Å². The summed E-state index contributed by atoms with van der Waals surface area (Å²) in [5.74, 6) is -0.00789. The van der Waals surface area contributed by atoms with E-state index in [-0.39, 0.29) is 17.2 Å². The van der Waals surface area contributed by atoms with Crippen LogP contribution in [-0.2, 0) is 11.8 Å². The summed E-state index contributed by atoms with van der Waals surface area (Å²) in [6, 6.07) is 1.73. The number of hydrogen-bond acceptors (Lipinski definition) is 4. The van der Waals surface area contributed by atoms with Crippen molar-refractivity contribution in [2.45, 2.75) is 51.7 Å². The van der Waals surface area contributed by atoms with Crippen LogP contribution in [0.25, 0.3) is 0 Å². The van der Waals surface area contributed by atoms with Crippen molar-refractivity contribution in [3.8, 4) is 0 Å². The number of nitrogens with zero attached hydrogens (tertiary/aromatic N) is 4. The van der Waals surface area contributed by atoms with Gasteiger partial charge in [0.05, 0.1) is 11.6 Å². The lowest BCUT2D eigenvalue weighted by atomic mass is 9.67. The Balaban J connectivity index is 1.72. The van der Waals surface area contributed by atoms with Crippen molar-refractivity contribution in [3.05, 3.63) is 18.0 Å². The number of aryl methyl sites for hydroxylation is 1. The SMILES string of the molecule is CC(=O)N1CC2(CCN(C(=O)c3ccnn3C)CC2)C[C@@H](O)C1(C)C. The first-order valence-corrected chi connectivity index (χ1v) is 8.90. The monoisotopic (exact) mass is 348 g/mol. The average Bonchev–Trinajstić information content (AvgIpc) is 2.97. The fourth-order valence-electron chi connectivity index (χ4n) is 4.25. The minimum Gasteiger partial charge on any atom is -0.391 e. The summed E-state index contributed by atoms with van der Waals surface area (Å²) in [7, 11) is 1.77. The molecule has 2 fully saturated rings. The van der Waals surface area contributed by atoms with Gasteiger partial charge in [-0.1, -0.05) is 0 Å². The highest BCUT2D eigenvalue weighted by Crippen LogP contribution is 2.45. The molecule has 2 amide bonds. The number of aromatic nitrogens is 2. The summed E-state index contributed by atoms with van der Waals surface area (Å²) in [6.45, 7) is 7.35. The Kier molecular flexibility index (Phi) is 4.39. The Labute approximate surface area is 148 Å². The Bertz CT molecular complexity index is 674. The van der Waals surface area contributed by atoms with E-state index in [0.29, 0.717) is 31.7 Å². The third kappa shape index (κ3) is 3.05. The summed E-state index contributed by atoms with van der Waals surface area (Å²) >= 11 is 0. The minimum absolute atomic E-state index is 0.00323. The highest BCUT2D eigenvalue weighted by atomic mass is 16.3. The standard InChI is InChI=1S/C18H28N4O3/c1-13(23)22-12-18(11-15(24)17(22,2)3)6-9-21(10-7-18)16(25)14-5-8-19-20(14)4/h5,8,15,24H,6-7,9-12H2,1-4H3/t15-/m1/s1. The van der Waals surface area contributed by atoms with Gasteiger partial charge in [0, 0.05) is 39.8 Å². The lowest BCUT2D eigenvalue weighted by Gasteiger charge is -2.55. The molecule has 3 heterocycles. The maximum absolute atomic E-state index is 12.6. The van der Waals surface area contributed by atoms with Gasteiger partial charge in [0.15, 0.2) is 0 Å². The molecule has 2 saturated heterocycles. The zero-order chi connectivity index (χ0) is 18.4. The number of rotatable bonds is 1. The molecule has 25 heavy (non-hydrogen) atoms. The molecular formula is C18H28N4O3. The summed E-state index contributed by atoms with van der Waals surface area (Å²) in [5.41, 5.74) is -0.0612. The van der Waals surface area contributed by atoms with Gasteiger partial charge in [0.25, 0.3) is 5.91 Å². The lowest BCUT2D eigenvalue weighted by Crippen LogP contribution is -2.64. The second-order valence-corrected chi connectivity index (χ2v) is 8.11. The van der Waals surface area contributed by atoms with Gasteiger partial charge in [0.2, 0.25) is 5.91 Å². The van der Waals surface area contributed by atoms with Crippen LogP contribution < -0.4 is 0 Å². The van der Waals surface area contributed by atoms with Gasteiger partial charge in [-0.05, 0) is 44.6 Å². The number of piperidine rings is 2. The predicted octanol–water partition coefficient (Wildman–Crippen LogP) is 1.03. The van der Waals surface area contributed by atoms with Crippen molar-refractivity contribution in [3.63, 3.8) is 0 Å². The molecule has 0 unspecified atom stereocenters. The fraction of sp³-hybridized carbons (Fsp3) is 0.722. The Morgan fingerprint density at radius 1 is 1.28 bits per heavy atom. The predicted molar refractivity (Wildman–Crippen MR) is 92.9 cm³/mol. The summed E-state index contributed by atoms with van der Waals surface area (Å²) in [5, 5.41) is 14.7. The molecule has 7 nitrogen and oxygen atoms in total. The van der Waals surface area contributed by atoms with Crippen LogP contribution >= 0.6 is 0 Å². The normalized spacial score (nSPS) is 25.2. The molecule has 3 rings (SSSR count). The van der Waals surface area contributed by atoms with Crippen LogP contribution in [-0.4, -0.2) is 67.8 Å². The molecule has 1 N–H and O–H groups in total. The molecule has 0 radical (unpaired) electrons. The second-order valence-electron chi connectivity index (χ2n) is 8.11. The Morgan fingerprint density at radius 3 is 2.44 bits per heavy atom. The van der Waals surface area contributed by atoms with Crippen LogP contribution in [0.2, 0.25) is 0 Å². The first-order chi connectivity index (χ1) is 11.7. The fourth-order valence-corrected chi connectivity index (χ4v) is 4.25. The van der Waals surface area contributed by atoms with Crippen LogP contribution in [0.5, 0.6) is 0 Å². The van der Waals surface area contributed by atoms with E-state index in [1.165, 1.54) is 0 Å². The molecule has 0 saturated carbocycles. The maximum Gasteiger partial charge on any atom is 0.272 e. The van der Waals surface area contributed by atoms with Gasteiger partial charge in [-0.15, -0.1) is 0 Å². The van der Waals surface area contributed by atoms with E-state index in [0.717, 1.165) is 12.8 Å². The molecule has 1 aromatic rings. The van der Waals surface area contributed by atoms with E-state index >= 15 is 0 Å². The lowest BCUT2D eigenvalue weighted by molar-refractivity contribution is -0.156. The van der Waals surface area contributed by atoms with Crippen molar-refractivity contribution in [1.82, 2.24) is 19.6 Å². The van der Waals surface area contributed by atoms with E-state index < -0.39 is 11.6 Å². The molecule has 0 aliphatic carbocycles. The molecule has 0 bridgehead atoms. The van der Waals surface area contributed by atoms with E-state index in [1.807, 2.05) is 18.7 Å². The molecule has 2 aliphatic rings. The molecule has 0 aromatic carbocycles. The van der Waals surface area contributed by atoms with Crippen LogP contribution in [0.15, 0.2) is 12.3 Å². The molecular weight excluding hydrogens is 320 g/mol. The molecule has 7 heteroatoms. The third-order valence-electron chi connectivity index (χ3n) is 6.16. The van der Waals surface area contributed by atoms with Gasteiger partial charge in [-0.25, -0.2) is 0 Å². The summed E-state index contributed by atoms with van der Waals surface area (Å²) < 4.78 is 1.59. The van der Waals surface area contributed by atoms with Crippen LogP contribution in [0.1, 0.15) is 50.5 Å². The first-order valence-electron chi connectivity index (χ1n) is 8.90. The van der Waals surface area contributed by atoms with Crippen molar-refractivity contribution >= 4 is 11.8 Å².